The molecule has 0 saturated heterocycles. The predicted octanol–water partition coefficient (Wildman–Crippen LogP) is 5.74. The van der Waals surface area contributed by atoms with Gasteiger partial charge in [0.15, 0.2) is 11.6 Å². The number of hydrogen-bond donors (Lipinski definition) is 0. The fourth-order valence-electron chi connectivity index (χ4n) is 2.77. The lowest BCUT2D eigenvalue weighted by Crippen LogP contribution is -2.07. The second-order valence-electron chi connectivity index (χ2n) is 6.04. The molecule has 0 aliphatic heterocycles. The van der Waals surface area contributed by atoms with Gasteiger partial charge in [-0.3, -0.25) is 9.78 Å². The lowest BCUT2D eigenvalue weighted by molar-refractivity contribution is 0.103. The molecule has 0 unspecified atom stereocenters. The molecule has 0 fully saturated rings. The number of benzene rings is 2. The first-order valence-electron chi connectivity index (χ1n) is 8.45. The van der Waals surface area contributed by atoms with Crippen LogP contribution >= 0.6 is 23.2 Å². The van der Waals surface area contributed by atoms with Crippen LogP contribution in [0, 0.1) is 0 Å². The van der Waals surface area contributed by atoms with Crippen molar-refractivity contribution < 1.29 is 4.79 Å². The highest BCUT2D eigenvalue weighted by molar-refractivity contribution is 6.31. The maximum Gasteiger partial charge on any atom is 0.196 e. The Morgan fingerprint density at radius 1 is 0.786 bits per heavy atom. The summed E-state index contributed by atoms with van der Waals surface area (Å²) in [5, 5.41) is 1.17. The maximum atomic E-state index is 13.1. The molecule has 0 aliphatic carbocycles. The molecule has 2 heterocycles. The topological polar surface area (TPSA) is 55.7 Å². The van der Waals surface area contributed by atoms with E-state index in [0.717, 1.165) is 11.1 Å². The van der Waals surface area contributed by atoms with Crippen LogP contribution in [0.25, 0.3) is 22.6 Å². The number of ketones is 1. The Kier molecular flexibility index (Phi) is 5.15. The predicted molar refractivity (Wildman–Crippen MR) is 111 cm³/mol. The molecule has 28 heavy (non-hydrogen) atoms. The average molecular weight is 406 g/mol. The van der Waals surface area contributed by atoms with E-state index in [4.69, 9.17) is 23.2 Å². The smallest absolute Gasteiger partial charge is 0.196 e. The molecule has 2 aromatic carbocycles. The second-order valence-corrected chi connectivity index (χ2v) is 6.91. The van der Waals surface area contributed by atoms with E-state index < -0.39 is 0 Å². The lowest BCUT2D eigenvalue weighted by atomic mass is 9.99. The van der Waals surface area contributed by atoms with Gasteiger partial charge in [-0.2, -0.15) is 0 Å². The van der Waals surface area contributed by atoms with Gasteiger partial charge in [0.1, 0.15) is 0 Å². The first-order valence-corrected chi connectivity index (χ1v) is 9.21. The summed E-state index contributed by atoms with van der Waals surface area (Å²) in [6.45, 7) is 0. The molecule has 0 amide bonds. The number of nitrogens with zero attached hydrogens (tertiary/aromatic N) is 3. The van der Waals surface area contributed by atoms with Gasteiger partial charge in [-0.1, -0.05) is 35.3 Å². The van der Waals surface area contributed by atoms with Crippen LogP contribution in [0.4, 0.5) is 0 Å². The fraction of sp³-hybridized carbons (Fsp3) is 0. The Morgan fingerprint density at radius 2 is 1.46 bits per heavy atom. The van der Waals surface area contributed by atoms with Crippen molar-refractivity contribution in [2.75, 3.05) is 0 Å². The highest BCUT2D eigenvalue weighted by atomic mass is 35.5. The molecule has 2 aromatic heterocycles. The van der Waals surface area contributed by atoms with E-state index in [9.17, 15) is 4.79 Å². The van der Waals surface area contributed by atoms with Crippen molar-refractivity contribution in [2.45, 2.75) is 0 Å². The van der Waals surface area contributed by atoms with Crippen LogP contribution in [0.15, 0.2) is 79.3 Å². The molecule has 0 radical (unpaired) electrons. The average Bonchev–Trinajstić information content (AvgIpc) is 2.74. The van der Waals surface area contributed by atoms with Crippen LogP contribution in [-0.4, -0.2) is 20.7 Å². The van der Waals surface area contributed by atoms with Crippen molar-refractivity contribution in [1.82, 2.24) is 15.0 Å². The Bertz CT molecular complexity index is 1130. The van der Waals surface area contributed by atoms with Crippen LogP contribution in [0.2, 0.25) is 10.0 Å². The third-order valence-electron chi connectivity index (χ3n) is 4.18. The minimum atomic E-state index is -0.181. The summed E-state index contributed by atoms with van der Waals surface area (Å²) in [6, 6.07) is 17.6. The largest absolute Gasteiger partial charge is 0.288 e. The summed E-state index contributed by atoms with van der Waals surface area (Å²) in [5.74, 6) is 0.310. The van der Waals surface area contributed by atoms with E-state index in [1.807, 2.05) is 24.3 Å². The third kappa shape index (κ3) is 3.79. The summed E-state index contributed by atoms with van der Waals surface area (Å²) in [5.41, 5.74) is 2.98. The molecule has 0 bridgehead atoms. The SMILES string of the molecule is O=C(c1ccc(Cl)cc1)c1cnc(-c2cccnc2)nc1-c1ccc(Cl)cc1. The van der Waals surface area contributed by atoms with E-state index in [0.29, 0.717) is 32.7 Å². The highest BCUT2D eigenvalue weighted by Gasteiger charge is 2.18. The molecule has 0 saturated carbocycles. The van der Waals surface area contributed by atoms with Gasteiger partial charge in [0.05, 0.1) is 11.3 Å². The van der Waals surface area contributed by atoms with Gasteiger partial charge in [-0.15, -0.1) is 0 Å². The Morgan fingerprint density at radius 3 is 2.11 bits per heavy atom. The number of rotatable bonds is 4. The molecule has 0 N–H and O–H groups in total. The number of pyridine rings is 1. The second kappa shape index (κ2) is 7.89. The molecule has 4 nitrogen and oxygen atoms in total. The van der Waals surface area contributed by atoms with Crippen LogP contribution in [0.5, 0.6) is 0 Å². The Balaban J connectivity index is 1.86. The van der Waals surface area contributed by atoms with E-state index in [1.54, 1.807) is 55.0 Å². The summed E-state index contributed by atoms with van der Waals surface area (Å²) >= 11 is 12.0. The van der Waals surface area contributed by atoms with Gasteiger partial charge in [0, 0.05) is 45.3 Å². The van der Waals surface area contributed by atoms with Crippen molar-refractivity contribution in [2.24, 2.45) is 0 Å². The number of aromatic nitrogens is 3. The maximum absolute atomic E-state index is 13.1. The van der Waals surface area contributed by atoms with Crippen molar-refractivity contribution in [3.63, 3.8) is 0 Å². The quantitative estimate of drug-likeness (QED) is 0.406. The van der Waals surface area contributed by atoms with E-state index in [2.05, 4.69) is 15.0 Å². The normalized spacial score (nSPS) is 10.6. The van der Waals surface area contributed by atoms with Crippen molar-refractivity contribution >= 4 is 29.0 Å². The molecule has 4 aromatic rings. The van der Waals surface area contributed by atoms with Gasteiger partial charge < -0.3 is 0 Å². The number of carbonyl (C=O) groups is 1. The summed E-state index contributed by atoms with van der Waals surface area (Å²) in [7, 11) is 0. The van der Waals surface area contributed by atoms with Crippen LogP contribution in [0.3, 0.4) is 0 Å². The van der Waals surface area contributed by atoms with Crippen LogP contribution < -0.4 is 0 Å². The molecule has 0 atom stereocenters. The molecular formula is C22H13Cl2N3O. The molecular weight excluding hydrogens is 393 g/mol. The summed E-state index contributed by atoms with van der Waals surface area (Å²) in [6.07, 6.45) is 4.92. The molecule has 0 spiro atoms. The van der Waals surface area contributed by atoms with E-state index in [1.165, 1.54) is 0 Å². The van der Waals surface area contributed by atoms with Gasteiger partial charge in [-0.05, 0) is 48.5 Å². The Labute approximate surface area is 171 Å². The van der Waals surface area contributed by atoms with E-state index in [-0.39, 0.29) is 5.78 Å². The van der Waals surface area contributed by atoms with Crippen molar-refractivity contribution in [3.8, 4) is 22.6 Å². The van der Waals surface area contributed by atoms with Gasteiger partial charge in [0.25, 0.3) is 0 Å². The van der Waals surface area contributed by atoms with Gasteiger partial charge in [-0.25, -0.2) is 9.97 Å². The monoisotopic (exact) mass is 405 g/mol. The van der Waals surface area contributed by atoms with Gasteiger partial charge in [0.2, 0.25) is 0 Å². The molecule has 6 heteroatoms. The third-order valence-corrected chi connectivity index (χ3v) is 4.68. The number of carbonyl (C=O) groups excluding carboxylic acids is 1. The first kappa shape index (κ1) is 18.3. The standard InChI is InChI=1S/C22H13Cl2N3O/c23-17-7-3-14(4-8-17)20-19(21(28)15-5-9-18(24)10-6-15)13-26-22(27-20)16-2-1-11-25-12-16/h1-13H. The van der Waals surface area contributed by atoms with Crippen LogP contribution in [0.1, 0.15) is 15.9 Å². The summed E-state index contributed by atoms with van der Waals surface area (Å²) in [4.78, 5) is 26.3. The minimum Gasteiger partial charge on any atom is -0.288 e. The number of halogens is 2. The fourth-order valence-corrected chi connectivity index (χ4v) is 3.02. The molecule has 0 aliphatic rings. The summed E-state index contributed by atoms with van der Waals surface area (Å²) < 4.78 is 0. The number of hydrogen-bond acceptors (Lipinski definition) is 4. The zero-order chi connectivity index (χ0) is 19.5. The highest BCUT2D eigenvalue weighted by Crippen LogP contribution is 2.27. The van der Waals surface area contributed by atoms with Gasteiger partial charge >= 0.3 is 0 Å². The van der Waals surface area contributed by atoms with Crippen molar-refractivity contribution in [1.29, 1.82) is 0 Å². The van der Waals surface area contributed by atoms with Crippen LogP contribution in [-0.2, 0) is 0 Å². The molecule has 136 valence electrons. The zero-order valence-corrected chi connectivity index (χ0v) is 16.0. The minimum absolute atomic E-state index is 0.181. The van der Waals surface area contributed by atoms with E-state index >= 15 is 0 Å². The van der Waals surface area contributed by atoms with Crippen molar-refractivity contribution in [3.05, 3.63) is 100 Å². The zero-order valence-electron chi connectivity index (χ0n) is 14.5. The lowest BCUT2D eigenvalue weighted by Gasteiger charge is -2.10. The molecule has 4 rings (SSSR count). The Hall–Kier alpha value is -3.08. The first-order chi connectivity index (χ1) is 13.6.